The maximum absolute atomic E-state index is 13.1. The molecule has 0 bridgehead atoms. The molecule has 2 N–H and O–H groups in total. The van der Waals surface area contributed by atoms with Crippen LogP contribution in [-0.4, -0.2) is 38.5 Å². The number of aromatic nitrogens is 3. The third kappa shape index (κ3) is 3.88. The van der Waals surface area contributed by atoms with Crippen molar-refractivity contribution in [2.24, 2.45) is 5.73 Å². The highest BCUT2D eigenvalue weighted by atomic mass is 19.4. The summed E-state index contributed by atoms with van der Waals surface area (Å²) in [6.07, 6.45) is -2.25. The number of fused-ring (bicyclic) bond motifs is 1. The normalized spacial score (nSPS) is 17.1. The van der Waals surface area contributed by atoms with Gasteiger partial charge in [0.15, 0.2) is 5.65 Å². The number of pyridine rings is 1. The van der Waals surface area contributed by atoms with Gasteiger partial charge >= 0.3 is 6.18 Å². The van der Waals surface area contributed by atoms with Crippen molar-refractivity contribution >= 4 is 22.9 Å². The second-order valence-corrected chi connectivity index (χ2v) is 7.31. The number of primary amides is 1. The van der Waals surface area contributed by atoms with E-state index in [1.54, 1.807) is 4.90 Å². The van der Waals surface area contributed by atoms with Gasteiger partial charge in [0.25, 0.3) is 5.69 Å². The number of nitro benzene ring substituents is 1. The van der Waals surface area contributed by atoms with Crippen molar-refractivity contribution in [3.63, 3.8) is 0 Å². The number of amides is 1. The molecule has 12 heteroatoms. The number of carbonyl (C=O) groups is 1. The Labute approximate surface area is 173 Å². The highest BCUT2D eigenvalue weighted by Gasteiger charge is 2.33. The molecule has 1 fully saturated rings. The first-order valence-corrected chi connectivity index (χ1v) is 9.40. The molecule has 2 aromatic heterocycles. The van der Waals surface area contributed by atoms with Crippen molar-refractivity contribution in [2.45, 2.75) is 24.9 Å². The van der Waals surface area contributed by atoms with E-state index in [-0.39, 0.29) is 22.8 Å². The predicted octanol–water partition coefficient (Wildman–Crippen LogP) is 3.14. The summed E-state index contributed by atoms with van der Waals surface area (Å²) < 4.78 is 40.7. The number of nitro groups is 1. The lowest BCUT2D eigenvalue weighted by Crippen LogP contribution is -2.35. The number of anilines is 1. The van der Waals surface area contributed by atoms with Gasteiger partial charge in [-0.05, 0) is 37.1 Å². The fourth-order valence-corrected chi connectivity index (χ4v) is 3.85. The number of halogens is 3. The van der Waals surface area contributed by atoms with E-state index < -0.39 is 22.6 Å². The van der Waals surface area contributed by atoms with Crippen molar-refractivity contribution in [3.05, 3.63) is 63.6 Å². The summed E-state index contributed by atoms with van der Waals surface area (Å²) in [5, 5.41) is 19.6. The molecule has 1 saturated heterocycles. The van der Waals surface area contributed by atoms with Crippen LogP contribution < -0.4 is 10.6 Å². The van der Waals surface area contributed by atoms with Gasteiger partial charge in [-0.25, -0.2) is 0 Å². The number of carbonyl (C=O) groups excluding carboxylic acids is 1. The Bertz CT molecular complexity index is 1180. The maximum atomic E-state index is 13.1. The minimum Gasteiger partial charge on any atom is -0.366 e. The van der Waals surface area contributed by atoms with E-state index >= 15 is 0 Å². The largest absolute Gasteiger partial charge is 0.417 e. The number of hydrogen-bond donors (Lipinski definition) is 1. The Morgan fingerprint density at radius 2 is 2.00 bits per heavy atom. The molecule has 1 aliphatic rings. The fourth-order valence-electron chi connectivity index (χ4n) is 3.85. The summed E-state index contributed by atoms with van der Waals surface area (Å²) in [5.41, 5.74) is 4.76. The van der Waals surface area contributed by atoms with E-state index in [4.69, 9.17) is 5.73 Å². The van der Waals surface area contributed by atoms with Crippen LogP contribution in [0, 0.1) is 10.1 Å². The molecule has 4 rings (SSSR count). The molecule has 0 saturated carbocycles. The van der Waals surface area contributed by atoms with Gasteiger partial charge in [0.2, 0.25) is 5.91 Å². The van der Waals surface area contributed by atoms with Crippen LogP contribution in [0.25, 0.3) is 5.65 Å². The highest BCUT2D eigenvalue weighted by Crippen LogP contribution is 2.36. The average Bonchev–Trinajstić information content (AvgIpc) is 3.16. The Balaban J connectivity index is 1.69. The van der Waals surface area contributed by atoms with Crippen molar-refractivity contribution in [1.82, 2.24) is 14.6 Å². The van der Waals surface area contributed by atoms with Crippen LogP contribution in [0.4, 0.5) is 24.5 Å². The summed E-state index contributed by atoms with van der Waals surface area (Å²) in [5.74, 6) is -0.702. The standard InChI is InChI=1S/C19H17F3N6O3/c20-19(21,22)13-4-6-16-24-25-18(27(16)10-13)12-2-1-7-26(9-12)14-5-3-11(17(23)29)8-15(14)28(30)31/h3-6,8,10,12H,1-2,7,9H2,(H2,23,29)/t12-/m0/s1. The third-order valence-corrected chi connectivity index (χ3v) is 5.34. The van der Waals surface area contributed by atoms with Crippen LogP contribution in [0.3, 0.4) is 0 Å². The van der Waals surface area contributed by atoms with Crippen molar-refractivity contribution in [3.8, 4) is 0 Å². The van der Waals surface area contributed by atoms with Crippen molar-refractivity contribution < 1.29 is 22.9 Å². The Kier molecular flexibility index (Phi) is 4.99. The SMILES string of the molecule is NC(=O)c1ccc(N2CCC[C@H](c3nnc4ccc(C(F)(F)F)cn34)C2)c([N+](=O)[O-])c1. The van der Waals surface area contributed by atoms with Crippen LogP contribution in [0.15, 0.2) is 36.5 Å². The Hall–Kier alpha value is -3.70. The molecule has 0 spiro atoms. The lowest BCUT2D eigenvalue weighted by Gasteiger charge is -2.33. The van der Waals surface area contributed by atoms with Gasteiger partial charge in [-0.15, -0.1) is 10.2 Å². The Morgan fingerprint density at radius 1 is 1.23 bits per heavy atom. The van der Waals surface area contributed by atoms with Gasteiger partial charge in [0, 0.05) is 36.8 Å². The van der Waals surface area contributed by atoms with E-state index in [0.29, 0.717) is 37.4 Å². The second-order valence-electron chi connectivity index (χ2n) is 7.31. The molecule has 1 atom stereocenters. The number of piperidine rings is 1. The summed E-state index contributed by atoms with van der Waals surface area (Å²) in [6.45, 7) is 0.811. The molecule has 3 aromatic rings. The first kappa shape index (κ1) is 20.6. The average molecular weight is 434 g/mol. The number of alkyl halides is 3. The van der Waals surface area contributed by atoms with Crippen LogP contribution in [0.1, 0.15) is 40.5 Å². The molecular formula is C19H17F3N6O3. The van der Waals surface area contributed by atoms with E-state index in [1.807, 2.05) is 0 Å². The lowest BCUT2D eigenvalue weighted by molar-refractivity contribution is -0.384. The first-order valence-electron chi connectivity index (χ1n) is 9.40. The van der Waals surface area contributed by atoms with Crippen molar-refractivity contribution in [2.75, 3.05) is 18.0 Å². The van der Waals surface area contributed by atoms with Crippen LogP contribution in [0.5, 0.6) is 0 Å². The van der Waals surface area contributed by atoms with Gasteiger partial charge in [-0.1, -0.05) is 0 Å². The molecule has 1 amide bonds. The van der Waals surface area contributed by atoms with Crippen molar-refractivity contribution in [1.29, 1.82) is 0 Å². The third-order valence-electron chi connectivity index (χ3n) is 5.34. The summed E-state index contributed by atoms with van der Waals surface area (Å²) in [4.78, 5) is 24.1. The molecule has 1 aromatic carbocycles. The zero-order valence-corrected chi connectivity index (χ0v) is 16.0. The minimum absolute atomic E-state index is 0.0205. The van der Waals surface area contributed by atoms with E-state index in [9.17, 15) is 28.1 Å². The monoisotopic (exact) mass is 434 g/mol. The van der Waals surface area contributed by atoms with Gasteiger partial charge in [0.1, 0.15) is 11.5 Å². The molecule has 3 heterocycles. The molecule has 0 aliphatic carbocycles. The number of hydrogen-bond acceptors (Lipinski definition) is 6. The zero-order chi connectivity index (χ0) is 22.3. The molecule has 162 valence electrons. The van der Waals surface area contributed by atoms with E-state index in [2.05, 4.69) is 10.2 Å². The van der Waals surface area contributed by atoms with E-state index in [1.165, 1.54) is 22.6 Å². The lowest BCUT2D eigenvalue weighted by atomic mass is 9.96. The number of rotatable bonds is 4. The van der Waals surface area contributed by atoms with E-state index in [0.717, 1.165) is 18.3 Å². The number of nitrogens with two attached hydrogens (primary N) is 1. The zero-order valence-electron chi connectivity index (χ0n) is 16.0. The van der Waals surface area contributed by atoms with Gasteiger partial charge in [-0.2, -0.15) is 13.2 Å². The molecule has 0 radical (unpaired) electrons. The van der Waals surface area contributed by atoms with Crippen LogP contribution in [-0.2, 0) is 6.18 Å². The molecule has 9 nitrogen and oxygen atoms in total. The van der Waals surface area contributed by atoms with Gasteiger partial charge < -0.3 is 10.6 Å². The van der Waals surface area contributed by atoms with Gasteiger partial charge in [0.05, 0.1) is 10.5 Å². The number of nitrogens with zero attached hydrogens (tertiary/aromatic N) is 5. The fraction of sp³-hybridized carbons (Fsp3) is 0.316. The quantitative estimate of drug-likeness (QED) is 0.498. The Morgan fingerprint density at radius 3 is 2.68 bits per heavy atom. The molecule has 0 unspecified atom stereocenters. The van der Waals surface area contributed by atoms with Crippen LogP contribution in [0.2, 0.25) is 0 Å². The first-order chi connectivity index (χ1) is 14.6. The molecule has 31 heavy (non-hydrogen) atoms. The highest BCUT2D eigenvalue weighted by molar-refractivity contribution is 5.94. The number of benzene rings is 1. The maximum Gasteiger partial charge on any atom is 0.417 e. The molecule has 1 aliphatic heterocycles. The smallest absolute Gasteiger partial charge is 0.366 e. The molecular weight excluding hydrogens is 417 g/mol. The van der Waals surface area contributed by atoms with Crippen LogP contribution >= 0.6 is 0 Å². The topological polar surface area (TPSA) is 120 Å². The minimum atomic E-state index is -4.50. The second kappa shape index (κ2) is 7.52. The summed E-state index contributed by atoms with van der Waals surface area (Å²) in [6, 6.07) is 6.21. The predicted molar refractivity (Wildman–Crippen MR) is 104 cm³/mol. The van der Waals surface area contributed by atoms with Gasteiger partial charge in [-0.3, -0.25) is 19.3 Å². The summed E-state index contributed by atoms with van der Waals surface area (Å²) >= 11 is 0. The summed E-state index contributed by atoms with van der Waals surface area (Å²) in [7, 11) is 0.